The lowest BCUT2D eigenvalue weighted by Gasteiger charge is -2.16. The summed E-state index contributed by atoms with van der Waals surface area (Å²) >= 11 is 1.17. The van der Waals surface area contributed by atoms with Crippen molar-refractivity contribution in [2.75, 3.05) is 12.0 Å². The number of carboxylic acids is 1. The third-order valence-electron chi connectivity index (χ3n) is 3.61. The summed E-state index contributed by atoms with van der Waals surface area (Å²) in [6.45, 7) is 0. The maximum Gasteiger partial charge on any atom is 0.305 e. The summed E-state index contributed by atoms with van der Waals surface area (Å²) in [4.78, 5) is 29.7. The fourth-order valence-electron chi connectivity index (χ4n) is 2.41. The number of carbonyl (C=O) groups is 2. The number of carbonyl (C=O) groups excluding carboxylic acids is 1. The summed E-state index contributed by atoms with van der Waals surface area (Å²) in [6, 6.07) is 16.2. The van der Waals surface area contributed by atoms with Gasteiger partial charge in [0, 0.05) is 0 Å². The minimum atomic E-state index is -1.01. The smallest absolute Gasteiger partial charge is 0.305 e. The molecule has 7 heteroatoms. The molecule has 0 spiro atoms. The van der Waals surface area contributed by atoms with Crippen molar-refractivity contribution < 1.29 is 19.4 Å². The number of hydrogen-bond acceptors (Lipinski definition) is 5. The van der Waals surface area contributed by atoms with Gasteiger partial charge in [-0.25, -0.2) is 4.99 Å². The van der Waals surface area contributed by atoms with Gasteiger partial charge in [-0.3, -0.25) is 14.5 Å². The number of ether oxygens (including phenoxy) is 1. The van der Waals surface area contributed by atoms with Gasteiger partial charge in [0.1, 0.15) is 11.0 Å². The zero-order valence-electron chi connectivity index (χ0n) is 13.5. The van der Waals surface area contributed by atoms with Gasteiger partial charge in [-0.15, -0.1) is 0 Å². The Hall–Kier alpha value is -2.80. The van der Waals surface area contributed by atoms with Crippen molar-refractivity contribution in [2.45, 2.75) is 11.7 Å². The number of hydrogen-bond donors (Lipinski definition) is 1. The lowest BCUT2D eigenvalue weighted by Crippen LogP contribution is -2.32. The van der Waals surface area contributed by atoms with Crippen molar-refractivity contribution >= 4 is 40.2 Å². The molecule has 1 atom stereocenters. The first-order valence-corrected chi connectivity index (χ1v) is 8.46. The lowest BCUT2D eigenvalue weighted by molar-refractivity contribution is -0.138. The predicted molar refractivity (Wildman–Crippen MR) is 97.6 cm³/mol. The van der Waals surface area contributed by atoms with Gasteiger partial charge < -0.3 is 9.84 Å². The van der Waals surface area contributed by atoms with Gasteiger partial charge >= 0.3 is 5.97 Å². The van der Waals surface area contributed by atoms with Crippen molar-refractivity contribution in [1.29, 1.82) is 0 Å². The Kier molecular flexibility index (Phi) is 5.04. The molecule has 1 heterocycles. The average Bonchev–Trinajstić information content (AvgIpc) is 2.91. The number of thioether (sulfide) groups is 1. The van der Waals surface area contributed by atoms with Crippen LogP contribution in [-0.4, -0.2) is 34.5 Å². The van der Waals surface area contributed by atoms with Gasteiger partial charge in [-0.1, -0.05) is 30.0 Å². The zero-order chi connectivity index (χ0) is 17.8. The molecule has 1 aliphatic heterocycles. The van der Waals surface area contributed by atoms with E-state index in [1.807, 2.05) is 18.2 Å². The molecule has 1 saturated heterocycles. The number of amides is 1. The fraction of sp³-hybridized carbons (Fsp3) is 0.167. The van der Waals surface area contributed by atoms with E-state index in [2.05, 4.69) is 4.99 Å². The van der Waals surface area contributed by atoms with Crippen LogP contribution in [-0.2, 0) is 9.59 Å². The Labute approximate surface area is 149 Å². The summed E-state index contributed by atoms with van der Waals surface area (Å²) in [5.41, 5.74) is 1.33. The van der Waals surface area contributed by atoms with Crippen LogP contribution in [0.25, 0.3) is 0 Å². The summed E-state index contributed by atoms with van der Waals surface area (Å²) < 4.78 is 5.12. The van der Waals surface area contributed by atoms with Crippen molar-refractivity contribution in [3.05, 3.63) is 54.6 Å². The van der Waals surface area contributed by atoms with E-state index in [9.17, 15) is 9.59 Å². The highest BCUT2D eigenvalue weighted by molar-refractivity contribution is 8.16. The highest BCUT2D eigenvalue weighted by Crippen LogP contribution is 2.35. The largest absolute Gasteiger partial charge is 0.497 e. The molecule has 3 rings (SSSR count). The summed E-state index contributed by atoms with van der Waals surface area (Å²) in [5, 5.41) is 8.82. The quantitative estimate of drug-likeness (QED) is 0.889. The van der Waals surface area contributed by atoms with E-state index in [1.165, 1.54) is 16.7 Å². The van der Waals surface area contributed by atoms with E-state index in [0.717, 1.165) is 0 Å². The van der Waals surface area contributed by atoms with Crippen molar-refractivity contribution in [3.63, 3.8) is 0 Å². The molecule has 128 valence electrons. The molecular formula is C18H16N2O4S. The van der Waals surface area contributed by atoms with Gasteiger partial charge in [0.2, 0.25) is 5.91 Å². The average molecular weight is 356 g/mol. The number of aliphatic imine (C=N–C) groups is 1. The van der Waals surface area contributed by atoms with E-state index < -0.39 is 11.2 Å². The minimum Gasteiger partial charge on any atom is -0.497 e. The van der Waals surface area contributed by atoms with Gasteiger partial charge in [-0.05, 0) is 36.4 Å². The van der Waals surface area contributed by atoms with E-state index in [1.54, 1.807) is 43.5 Å². The summed E-state index contributed by atoms with van der Waals surface area (Å²) in [7, 11) is 1.58. The van der Waals surface area contributed by atoms with Gasteiger partial charge in [0.05, 0.1) is 24.9 Å². The van der Waals surface area contributed by atoms with Gasteiger partial charge in [0.25, 0.3) is 0 Å². The number of methoxy groups -OCH3 is 1. The second kappa shape index (κ2) is 7.40. The third kappa shape index (κ3) is 3.83. The Bertz CT molecular complexity index is 806. The Morgan fingerprint density at radius 2 is 1.88 bits per heavy atom. The topological polar surface area (TPSA) is 79.2 Å². The van der Waals surface area contributed by atoms with Crippen LogP contribution in [0.2, 0.25) is 0 Å². The van der Waals surface area contributed by atoms with E-state index in [0.29, 0.717) is 22.3 Å². The molecular weight excluding hydrogens is 340 g/mol. The van der Waals surface area contributed by atoms with Crippen LogP contribution in [0, 0.1) is 0 Å². The summed E-state index contributed by atoms with van der Waals surface area (Å²) in [5.74, 6) is -0.571. The number of rotatable bonds is 5. The molecule has 6 nitrogen and oxygen atoms in total. The number of para-hydroxylation sites is 1. The molecule has 2 aromatic rings. The second-order valence-electron chi connectivity index (χ2n) is 5.31. The van der Waals surface area contributed by atoms with Crippen LogP contribution in [0.3, 0.4) is 0 Å². The molecule has 0 radical (unpaired) electrons. The normalized spacial score (nSPS) is 18.6. The van der Waals surface area contributed by atoms with E-state index >= 15 is 0 Å². The van der Waals surface area contributed by atoms with Crippen LogP contribution >= 0.6 is 11.8 Å². The first-order valence-electron chi connectivity index (χ1n) is 7.58. The number of carboxylic acid groups (broad SMARTS) is 1. The molecule has 0 saturated carbocycles. The van der Waals surface area contributed by atoms with Crippen molar-refractivity contribution in [3.8, 4) is 5.75 Å². The van der Waals surface area contributed by atoms with Crippen LogP contribution < -0.4 is 9.64 Å². The first-order chi connectivity index (χ1) is 12.1. The molecule has 2 aromatic carbocycles. The maximum absolute atomic E-state index is 12.7. The SMILES string of the molecule is COc1ccc(N=C2SC(CC(=O)O)C(=O)N2c2ccccc2)cc1. The first kappa shape index (κ1) is 17.0. The van der Waals surface area contributed by atoms with Crippen molar-refractivity contribution in [1.82, 2.24) is 0 Å². The van der Waals surface area contributed by atoms with Crippen LogP contribution in [0.15, 0.2) is 59.6 Å². The zero-order valence-corrected chi connectivity index (χ0v) is 14.3. The fourth-order valence-corrected chi connectivity index (χ4v) is 3.56. The maximum atomic E-state index is 12.7. The van der Waals surface area contributed by atoms with Gasteiger partial charge in [-0.2, -0.15) is 0 Å². The Balaban J connectivity index is 1.96. The molecule has 1 aliphatic rings. The molecule has 0 aliphatic carbocycles. The highest BCUT2D eigenvalue weighted by atomic mass is 32.2. The number of aliphatic carboxylic acids is 1. The monoisotopic (exact) mass is 356 g/mol. The number of nitrogens with zero attached hydrogens (tertiary/aromatic N) is 2. The van der Waals surface area contributed by atoms with Crippen LogP contribution in [0.1, 0.15) is 6.42 Å². The molecule has 0 aromatic heterocycles. The van der Waals surface area contributed by atoms with Crippen LogP contribution in [0.5, 0.6) is 5.75 Å². The second-order valence-corrected chi connectivity index (χ2v) is 6.48. The van der Waals surface area contributed by atoms with Gasteiger partial charge in [0.15, 0.2) is 5.17 Å². The molecule has 0 bridgehead atoms. The minimum absolute atomic E-state index is 0.242. The Morgan fingerprint density at radius 3 is 2.48 bits per heavy atom. The number of anilines is 1. The summed E-state index contributed by atoms with van der Waals surface area (Å²) in [6.07, 6.45) is -0.242. The number of benzene rings is 2. The molecule has 1 unspecified atom stereocenters. The molecule has 1 amide bonds. The molecule has 1 fully saturated rings. The molecule has 25 heavy (non-hydrogen) atoms. The van der Waals surface area contributed by atoms with Crippen LogP contribution in [0.4, 0.5) is 11.4 Å². The number of amidine groups is 1. The van der Waals surface area contributed by atoms with E-state index in [-0.39, 0.29) is 12.3 Å². The molecule has 1 N–H and O–H groups in total. The lowest BCUT2D eigenvalue weighted by atomic mass is 10.2. The van der Waals surface area contributed by atoms with Crippen molar-refractivity contribution in [2.24, 2.45) is 4.99 Å². The Morgan fingerprint density at radius 1 is 1.20 bits per heavy atom. The van der Waals surface area contributed by atoms with E-state index in [4.69, 9.17) is 9.84 Å². The predicted octanol–water partition coefficient (Wildman–Crippen LogP) is 3.31. The highest BCUT2D eigenvalue weighted by Gasteiger charge is 2.40. The standard InChI is InChI=1S/C18H16N2O4S/c1-24-14-9-7-12(8-10-14)19-18-20(13-5-3-2-4-6-13)17(23)15(25-18)11-16(21)22/h2-10,15H,11H2,1H3,(H,21,22). The third-order valence-corrected chi connectivity index (χ3v) is 4.74.